The van der Waals surface area contributed by atoms with E-state index in [2.05, 4.69) is 0 Å². The lowest BCUT2D eigenvalue weighted by molar-refractivity contribution is -0.129. The minimum Gasteiger partial charge on any atom is -0.343 e. The van der Waals surface area contributed by atoms with Gasteiger partial charge in [-0.1, -0.05) is 20.8 Å². The van der Waals surface area contributed by atoms with Gasteiger partial charge in [0.1, 0.15) is 5.78 Å². The lowest BCUT2D eigenvalue weighted by Gasteiger charge is -2.18. The van der Waals surface area contributed by atoms with Crippen molar-refractivity contribution in [3.63, 3.8) is 0 Å². The lowest BCUT2D eigenvalue weighted by atomic mass is 9.88. The second-order valence-corrected chi connectivity index (χ2v) is 5.26. The number of hydrogen-bond acceptors (Lipinski definition) is 2. The van der Waals surface area contributed by atoms with Crippen molar-refractivity contribution in [1.82, 2.24) is 4.90 Å². The van der Waals surface area contributed by atoms with Crippen molar-refractivity contribution in [3.8, 4) is 0 Å². The standard InChI is InChI=1S/C12H21NO2/c1-12(2,3)10(14)6-4-8-13-9-5-7-11(13)15/h4-9H2,1-3H3. The Kier molecular flexibility index (Phi) is 3.89. The van der Waals surface area contributed by atoms with Crippen LogP contribution >= 0.6 is 0 Å². The Balaban J connectivity index is 2.22. The number of carbonyl (C=O) groups excluding carboxylic acids is 2. The van der Waals surface area contributed by atoms with Gasteiger partial charge in [-0.15, -0.1) is 0 Å². The molecule has 86 valence electrons. The third-order valence-electron chi connectivity index (χ3n) is 2.84. The quantitative estimate of drug-likeness (QED) is 0.713. The molecule has 0 N–H and O–H groups in total. The number of carbonyl (C=O) groups is 2. The van der Waals surface area contributed by atoms with Gasteiger partial charge in [-0.25, -0.2) is 0 Å². The molecule has 0 unspecified atom stereocenters. The Morgan fingerprint density at radius 2 is 2.07 bits per heavy atom. The topological polar surface area (TPSA) is 37.4 Å². The zero-order valence-corrected chi connectivity index (χ0v) is 10.0. The number of amides is 1. The minimum atomic E-state index is -0.241. The van der Waals surface area contributed by atoms with Gasteiger partial charge in [0.2, 0.25) is 5.91 Å². The highest BCUT2D eigenvalue weighted by atomic mass is 16.2. The van der Waals surface area contributed by atoms with E-state index in [0.29, 0.717) is 12.8 Å². The highest BCUT2D eigenvalue weighted by molar-refractivity contribution is 5.83. The smallest absolute Gasteiger partial charge is 0.222 e. The van der Waals surface area contributed by atoms with Crippen LogP contribution in [0.25, 0.3) is 0 Å². The first-order valence-electron chi connectivity index (χ1n) is 5.72. The van der Waals surface area contributed by atoms with E-state index in [1.54, 1.807) is 0 Å². The molecule has 1 rings (SSSR count). The van der Waals surface area contributed by atoms with E-state index in [9.17, 15) is 9.59 Å². The average Bonchev–Trinajstić information content (AvgIpc) is 2.50. The van der Waals surface area contributed by atoms with E-state index >= 15 is 0 Å². The van der Waals surface area contributed by atoms with Gasteiger partial charge in [-0.3, -0.25) is 9.59 Å². The highest BCUT2D eigenvalue weighted by Crippen LogP contribution is 2.18. The molecule has 0 spiro atoms. The van der Waals surface area contributed by atoms with Crippen LogP contribution in [-0.4, -0.2) is 29.7 Å². The van der Waals surface area contributed by atoms with Crippen LogP contribution in [0.5, 0.6) is 0 Å². The maximum atomic E-state index is 11.6. The molecular weight excluding hydrogens is 190 g/mol. The number of rotatable bonds is 4. The van der Waals surface area contributed by atoms with Crippen LogP contribution in [0.3, 0.4) is 0 Å². The zero-order chi connectivity index (χ0) is 11.5. The van der Waals surface area contributed by atoms with E-state index in [0.717, 1.165) is 25.9 Å². The van der Waals surface area contributed by atoms with Crippen molar-refractivity contribution >= 4 is 11.7 Å². The molecule has 0 aromatic rings. The summed E-state index contributed by atoms with van der Waals surface area (Å²) in [5.74, 6) is 0.535. The Morgan fingerprint density at radius 1 is 1.40 bits per heavy atom. The lowest BCUT2D eigenvalue weighted by Crippen LogP contribution is -2.27. The van der Waals surface area contributed by atoms with Crippen LogP contribution in [0.4, 0.5) is 0 Å². The number of ketones is 1. The predicted molar refractivity (Wildman–Crippen MR) is 59.5 cm³/mol. The van der Waals surface area contributed by atoms with Crippen LogP contribution in [0.15, 0.2) is 0 Å². The molecule has 0 aromatic heterocycles. The van der Waals surface area contributed by atoms with Crippen LogP contribution in [0.1, 0.15) is 46.5 Å². The first-order chi connectivity index (χ1) is 6.91. The number of hydrogen-bond donors (Lipinski definition) is 0. The van der Waals surface area contributed by atoms with E-state index in [-0.39, 0.29) is 17.1 Å². The molecule has 1 aliphatic rings. The number of nitrogens with zero attached hydrogens (tertiary/aromatic N) is 1. The molecule has 1 saturated heterocycles. The Hall–Kier alpha value is -0.860. The SMILES string of the molecule is CC(C)(C)C(=O)CCCN1CCCC1=O. The monoisotopic (exact) mass is 211 g/mol. The zero-order valence-electron chi connectivity index (χ0n) is 10.0. The molecule has 3 heteroatoms. The fourth-order valence-corrected chi connectivity index (χ4v) is 1.75. The molecule has 1 fully saturated rings. The average molecular weight is 211 g/mol. The van der Waals surface area contributed by atoms with Crippen molar-refractivity contribution < 1.29 is 9.59 Å². The fourth-order valence-electron chi connectivity index (χ4n) is 1.75. The third kappa shape index (κ3) is 3.65. The van der Waals surface area contributed by atoms with Gasteiger partial charge in [0, 0.05) is 31.3 Å². The summed E-state index contributed by atoms with van der Waals surface area (Å²) < 4.78 is 0. The molecule has 1 aliphatic heterocycles. The normalized spacial score (nSPS) is 17.3. The molecular formula is C12H21NO2. The van der Waals surface area contributed by atoms with Crippen LogP contribution in [-0.2, 0) is 9.59 Å². The Labute approximate surface area is 91.8 Å². The fraction of sp³-hybridized carbons (Fsp3) is 0.833. The van der Waals surface area contributed by atoms with Crippen LogP contribution in [0, 0.1) is 5.41 Å². The molecule has 0 atom stereocenters. The van der Waals surface area contributed by atoms with Gasteiger partial charge >= 0.3 is 0 Å². The van der Waals surface area contributed by atoms with Gasteiger partial charge in [0.05, 0.1) is 0 Å². The molecule has 0 radical (unpaired) electrons. The summed E-state index contributed by atoms with van der Waals surface area (Å²) in [6.07, 6.45) is 3.06. The first kappa shape index (κ1) is 12.2. The summed E-state index contributed by atoms with van der Waals surface area (Å²) in [5.41, 5.74) is -0.241. The van der Waals surface area contributed by atoms with Crippen molar-refractivity contribution in [3.05, 3.63) is 0 Å². The first-order valence-corrected chi connectivity index (χ1v) is 5.72. The van der Waals surface area contributed by atoms with Crippen molar-refractivity contribution in [1.29, 1.82) is 0 Å². The van der Waals surface area contributed by atoms with E-state index in [1.165, 1.54) is 0 Å². The largest absolute Gasteiger partial charge is 0.343 e. The molecule has 1 heterocycles. The number of Topliss-reactive ketones (excluding diaryl/α,β-unsaturated/α-hetero) is 1. The summed E-state index contributed by atoms with van der Waals surface area (Å²) in [5, 5.41) is 0. The van der Waals surface area contributed by atoms with Gasteiger partial charge in [0.15, 0.2) is 0 Å². The molecule has 0 aromatic carbocycles. The van der Waals surface area contributed by atoms with E-state index < -0.39 is 0 Å². The molecule has 0 bridgehead atoms. The maximum Gasteiger partial charge on any atom is 0.222 e. The molecule has 3 nitrogen and oxygen atoms in total. The molecule has 0 saturated carbocycles. The second-order valence-electron chi connectivity index (χ2n) is 5.26. The minimum absolute atomic E-state index is 0.241. The summed E-state index contributed by atoms with van der Waals surface area (Å²) in [6, 6.07) is 0. The van der Waals surface area contributed by atoms with Crippen molar-refractivity contribution in [2.45, 2.75) is 46.5 Å². The number of likely N-dealkylation sites (tertiary alicyclic amines) is 1. The summed E-state index contributed by atoms with van der Waals surface area (Å²) in [7, 11) is 0. The molecule has 0 aliphatic carbocycles. The summed E-state index contributed by atoms with van der Waals surface area (Å²) in [6.45, 7) is 7.45. The predicted octanol–water partition coefficient (Wildman–Crippen LogP) is 2.00. The maximum absolute atomic E-state index is 11.6. The Morgan fingerprint density at radius 3 is 2.53 bits per heavy atom. The Bertz CT molecular complexity index is 253. The van der Waals surface area contributed by atoms with Gasteiger partial charge in [-0.05, 0) is 12.8 Å². The van der Waals surface area contributed by atoms with Crippen molar-refractivity contribution in [2.24, 2.45) is 5.41 Å². The molecule has 15 heavy (non-hydrogen) atoms. The van der Waals surface area contributed by atoms with Crippen molar-refractivity contribution in [2.75, 3.05) is 13.1 Å². The van der Waals surface area contributed by atoms with E-state index in [1.807, 2.05) is 25.7 Å². The molecule has 1 amide bonds. The third-order valence-corrected chi connectivity index (χ3v) is 2.84. The van der Waals surface area contributed by atoms with Gasteiger partial charge < -0.3 is 4.90 Å². The van der Waals surface area contributed by atoms with Crippen LogP contribution in [0.2, 0.25) is 0 Å². The van der Waals surface area contributed by atoms with Gasteiger partial charge in [0.25, 0.3) is 0 Å². The van der Waals surface area contributed by atoms with E-state index in [4.69, 9.17) is 0 Å². The van der Waals surface area contributed by atoms with Gasteiger partial charge in [-0.2, -0.15) is 0 Å². The van der Waals surface area contributed by atoms with Crippen LogP contribution < -0.4 is 0 Å². The summed E-state index contributed by atoms with van der Waals surface area (Å²) >= 11 is 0. The second kappa shape index (κ2) is 4.77. The summed E-state index contributed by atoms with van der Waals surface area (Å²) in [4.78, 5) is 24.8. The highest BCUT2D eigenvalue weighted by Gasteiger charge is 2.22.